The second-order valence-corrected chi connectivity index (χ2v) is 20.2. The highest BCUT2D eigenvalue weighted by Gasteiger charge is 2.22. The van der Waals surface area contributed by atoms with E-state index in [0.29, 0.717) is 17.5 Å². The molecule has 0 N–H and O–H groups in total. The van der Waals surface area contributed by atoms with Crippen LogP contribution in [0.4, 0.5) is 0 Å². The van der Waals surface area contributed by atoms with Crippen LogP contribution in [-0.4, -0.2) is 24.1 Å². The van der Waals surface area contributed by atoms with Crippen molar-refractivity contribution in [2.24, 2.45) is 0 Å². The van der Waals surface area contributed by atoms with Gasteiger partial charge in [-0.05, 0) is 88.0 Å². The van der Waals surface area contributed by atoms with Gasteiger partial charge in [-0.1, -0.05) is 206 Å². The van der Waals surface area contributed by atoms with E-state index >= 15 is 0 Å². The summed E-state index contributed by atoms with van der Waals surface area (Å²) >= 11 is 1.90. The summed E-state index contributed by atoms with van der Waals surface area (Å²) in [6.07, 6.45) is 0. The quantitative estimate of drug-likeness (QED) is 0.152. The first-order chi connectivity index (χ1) is 37.2. The van der Waals surface area contributed by atoms with E-state index in [0.717, 1.165) is 55.8 Å². The molecule has 0 amide bonds. The van der Waals surface area contributed by atoms with E-state index in [-0.39, 0.29) is 0 Å². The van der Waals surface area contributed by atoms with Crippen LogP contribution < -0.4 is 0 Å². The average molecular weight is 974 g/mol. The molecule has 0 aliphatic carbocycles. The highest BCUT2D eigenvalue weighted by atomic mass is 32.1. The lowest BCUT2D eigenvalue weighted by atomic mass is 10.0. The van der Waals surface area contributed by atoms with E-state index in [4.69, 9.17) is 15.0 Å². The number of hydrogen-bond acceptors (Lipinski definition) is 4. The number of fused-ring (bicyclic) bond motifs is 11. The van der Waals surface area contributed by atoms with Crippen LogP contribution in [0, 0.1) is 0 Å². The number of para-hydroxylation sites is 2. The molecular formula is C69H43N5S. The molecule has 350 valence electrons. The summed E-state index contributed by atoms with van der Waals surface area (Å²) in [5.74, 6) is 1.86. The Morgan fingerprint density at radius 1 is 0.240 bits per heavy atom. The van der Waals surface area contributed by atoms with Crippen molar-refractivity contribution in [3.8, 4) is 78.9 Å². The molecule has 15 aromatic rings. The fourth-order valence-electron chi connectivity index (χ4n) is 11.2. The van der Waals surface area contributed by atoms with Crippen LogP contribution in [0.2, 0.25) is 0 Å². The first-order valence-corrected chi connectivity index (χ1v) is 26.2. The summed E-state index contributed by atoms with van der Waals surface area (Å²) < 4.78 is 7.46. The molecule has 5 nitrogen and oxygen atoms in total. The number of nitrogens with zero attached hydrogens (tertiary/aromatic N) is 5. The maximum absolute atomic E-state index is 5.22. The molecule has 0 fully saturated rings. The molecule has 0 bridgehead atoms. The molecule has 0 unspecified atom stereocenters. The van der Waals surface area contributed by atoms with Crippen molar-refractivity contribution in [1.29, 1.82) is 0 Å². The van der Waals surface area contributed by atoms with Gasteiger partial charge >= 0.3 is 0 Å². The first kappa shape index (κ1) is 42.9. The van der Waals surface area contributed by atoms with E-state index in [1.807, 2.05) is 23.5 Å². The topological polar surface area (TPSA) is 48.5 Å². The van der Waals surface area contributed by atoms with Crippen LogP contribution in [0.5, 0.6) is 0 Å². The Morgan fingerprint density at radius 3 is 1.05 bits per heavy atom. The van der Waals surface area contributed by atoms with E-state index < -0.39 is 0 Å². The van der Waals surface area contributed by atoms with Gasteiger partial charge in [-0.2, -0.15) is 0 Å². The molecule has 6 heteroatoms. The van der Waals surface area contributed by atoms with Crippen molar-refractivity contribution in [3.05, 3.63) is 261 Å². The van der Waals surface area contributed by atoms with Crippen molar-refractivity contribution >= 4 is 75.1 Å². The Morgan fingerprint density at radius 2 is 0.573 bits per heavy atom. The van der Waals surface area contributed by atoms with Gasteiger partial charge in [0.05, 0.1) is 31.5 Å². The smallest absolute Gasteiger partial charge is 0.164 e. The third-order valence-electron chi connectivity index (χ3n) is 14.8. The van der Waals surface area contributed by atoms with Crippen molar-refractivity contribution in [1.82, 2.24) is 24.1 Å². The van der Waals surface area contributed by atoms with Gasteiger partial charge in [0.25, 0.3) is 0 Å². The van der Waals surface area contributed by atoms with Gasteiger partial charge in [0, 0.05) is 60.4 Å². The molecule has 11 aromatic carbocycles. The minimum Gasteiger partial charge on any atom is -0.308 e. The number of benzene rings is 11. The number of thiophene rings is 1. The second-order valence-electron chi connectivity index (χ2n) is 19.1. The van der Waals surface area contributed by atoms with Crippen molar-refractivity contribution < 1.29 is 0 Å². The zero-order valence-corrected chi connectivity index (χ0v) is 41.3. The highest BCUT2D eigenvalue weighted by molar-refractivity contribution is 7.27. The maximum atomic E-state index is 5.22. The van der Waals surface area contributed by atoms with Crippen molar-refractivity contribution in [3.63, 3.8) is 0 Å². The third kappa shape index (κ3) is 7.18. The molecule has 0 saturated carbocycles. The molecule has 0 saturated heterocycles. The lowest BCUT2D eigenvalue weighted by Gasteiger charge is -2.12. The Labute approximate surface area is 436 Å². The maximum Gasteiger partial charge on any atom is 0.164 e. The zero-order valence-electron chi connectivity index (χ0n) is 40.5. The molecular weight excluding hydrogens is 931 g/mol. The predicted molar refractivity (Wildman–Crippen MR) is 314 cm³/mol. The average Bonchev–Trinajstić information content (AvgIpc) is 4.17. The number of rotatable bonds is 8. The predicted octanol–water partition coefficient (Wildman–Crippen LogP) is 18.4. The molecule has 4 aromatic heterocycles. The monoisotopic (exact) mass is 973 g/mol. The summed E-state index contributed by atoms with van der Waals surface area (Å²) in [6, 6.07) is 93.2. The second kappa shape index (κ2) is 17.5. The number of hydrogen-bond donors (Lipinski definition) is 0. The molecule has 0 atom stereocenters. The van der Waals surface area contributed by atoms with Gasteiger partial charge in [-0.25, -0.2) is 15.0 Å². The summed E-state index contributed by atoms with van der Waals surface area (Å²) in [5, 5.41) is 7.45. The first-order valence-electron chi connectivity index (χ1n) is 25.3. The molecule has 0 spiro atoms. The minimum atomic E-state index is 0.613. The zero-order chi connectivity index (χ0) is 49.4. The third-order valence-corrected chi connectivity index (χ3v) is 16.0. The van der Waals surface area contributed by atoms with E-state index in [2.05, 4.69) is 258 Å². The van der Waals surface area contributed by atoms with E-state index in [1.165, 1.54) is 69.4 Å². The summed E-state index contributed by atoms with van der Waals surface area (Å²) in [7, 11) is 0. The minimum absolute atomic E-state index is 0.613. The molecule has 0 aliphatic heterocycles. The summed E-state index contributed by atoms with van der Waals surface area (Å²) in [5.41, 5.74) is 16.7. The normalized spacial score (nSPS) is 11.7. The SMILES string of the molecule is c1ccc(-c2ccc(-c3nc(-c4ccc(-n5c6ccccc6c6ccc7c8ccc9c%10ccccc%10n(-c%10ccc(-c%11ccccc%11)cc%10)c9c8sc7c65)cc4)nc(-c4cccc(-c5ccccc5)c4)n3)cc2)cc1. The van der Waals surface area contributed by atoms with Crippen molar-refractivity contribution in [2.45, 2.75) is 0 Å². The number of aromatic nitrogens is 5. The Bertz CT molecular complexity index is 4650. The lowest BCUT2D eigenvalue weighted by Crippen LogP contribution is -2.01. The fourth-order valence-corrected chi connectivity index (χ4v) is 12.6. The van der Waals surface area contributed by atoms with Gasteiger partial charge in [0.2, 0.25) is 0 Å². The van der Waals surface area contributed by atoms with Gasteiger partial charge in [-0.3, -0.25) is 0 Å². The molecule has 0 radical (unpaired) electrons. The van der Waals surface area contributed by atoms with Gasteiger partial charge in [0.1, 0.15) is 0 Å². The molecule has 0 aliphatic rings. The van der Waals surface area contributed by atoms with E-state index in [1.54, 1.807) is 0 Å². The van der Waals surface area contributed by atoms with Crippen LogP contribution in [0.3, 0.4) is 0 Å². The lowest BCUT2D eigenvalue weighted by molar-refractivity contribution is 1.07. The van der Waals surface area contributed by atoms with E-state index in [9.17, 15) is 0 Å². The molecule has 4 heterocycles. The highest BCUT2D eigenvalue weighted by Crippen LogP contribution is 2.47. The Balaban J connectivity index is 0.884. The fraction of sp³-hybridized carbons (Fsp3) is 0. The van der Waals surface area contributed by atoms with Crippen LogP contribution in [0.1, 0.15) is 0 Å². The standard InChI is InChI=1S/C69H43N5S/c1-4-15-44(16-5-1)47-27-29-49(30-28-47)67-70-68(72-69(71-67)52-22-14-21-51(43-52)46-19-8-3-9-20-46)50-33-37-54(38-34-50)74-62-26-13-11-24-56(62)58-40-42-60-59-41-39-57-55-23-10-12-25-61(55)73(63(57)65(59)75-66(60)64(58)74)53-35-31-48(32-36-53)45-17-6-2-7-18-45/h1-43H. The summed E-state index contributed by atoms with van der Waals surface area (Å²) in [6.45, 7) is 0. The van der Waals surface area contributed by atoms with Gasteiger partial charge in [-0.15, -0.1) is 11.3 Å². The van der Waals surface area contributed by atoms with Gasteiger partial charge in [0.15, 0.2) is 17.5 Å². The van der Waals surface area contributed by atoms with Crippen LogP contribution in [0.15, 0.2) is 261 Å². The van der Waals surface area contributed by atoms with Crippen LogP contribution in [-0.2, 0) is 0 Å². The van der Waals surface area contributed by atoms with Crippen LogP contribution >= 0.6 is 11.3 Å². The van der Waals surface area contributed by atoms with Gasteiger partial charge < -0.3 is 9.13 Å². The van der Waals surface area contributed by atoms with Crippen LogP contribution in [0.25, 0.3) is 143 Å². The largest absolute Gasteiger partial charge is 0.308 e. The Kier molecular flexibility index (Phi) is 10.00. The Hall–Kier alpha value is -9.75. The summed E-state index contributed by atoms with van der Waals surface area (Å²) in [4.78, 5) is 15.6. The van der Waals surface area contributed by atoms with Crippen molar-refractivity contribution in [2.75, 3.05) is 0 Å². The molecule has 15 rings (SSSR count). The molecule has 75 heavy (non-hydrogen) atoms.